The first-order valence-electron chi connectivity index (χ1n) is 13.3. The van der Waals surface area contributed by atoms with Crippen LogP contribution in [-0.2, 0) is 18.4 Å². The maximum atomic E-state index is 13.1. The van der Waals surface area contributed by atoms with E-state index in [1.807, 2.05) is 18.7 Å². The molecule has 2 heterocycles. The fourth-order valence-electron chi connectivity index (χ4n) is 5.19. The third-order valence-corrected chi connectivity index (χ3v) is 7.29. The minimum atomic E-state index is -2.99. The topological polar surface area (TPSA) is 114 Å². The van der Waals surface area contributed by atoms with Crippen molar-refractivity contribution in [1.29, 1.82) is 0 Å². The number of hydrogen-bond donors (Lipinski definition) is 1. The van der Waals surface area contributed by atoms with Gasteiger partial charge in [0.1, 0.15) is 17.9 Å². The van der Waals surface area contributed by atoms with Gasteiger partial charge in [-0.05, 0) is 44.3 Å². The Morgan fingerprint density at radius 1 is 1.24 bits per heavy atom. The third-order valence-electron chi connectivity index (χ3n) is 7.29. The van der Waals surface area contributed by atoms with E-state index in [2.05, 4.69) is 16.7 Å². The van der Waals surface area contributed by atoms with Gasteiger partial charge in [-0.1, -0.05) is 18.2 Å². The van der Waals surface area contributed by atoms with Crippen molar-refractivity contribution < 1.29 is 28.2 Å². The van der Waals surface area contributed by atoms with Crippen LogP contribution in [-0.4, -0.2) is 88.9 Å². The second kappa shape index (κ2) is 13.0. The van der Waals surface area contributed by atoms with E-state index >= 15 is 0 Å². The minimum Gasteiger partial charge on any atom is -0.494 e. The number of para-hydroxylation sites is 1. The maximum absolute atomic E-state index is 13.1. The van der Waals surface area contributed by atoms with Crippen LogP contribution in [0.5, 0.6) is 11.5 Å². The van der Waals surface area contributed by atoms with Crippen molar-refractivity contribution in [2.24, 2.45) is 17.0 Å². The molecule has 1 aliphatic rings. The average molecular weight is 585 g/mol. The SMILES string of the molecule is C=NC(=N/C=C(\C)c1ccc2c(=O)n(C)n(Cc3ccccc3OC(F)F)c2c1OC)N1CCN(C(=O)CO)[C@H](C)C1. The number of rotatable bonds is 8. The Morgan fingerprint density at radius 3 is 2.62 bits per heavy atom. The second-order valence-electron chi connectivity index (χ2n) is 9.85. The summed E-state index contributed by atoms with van der Waals surface area (Å²) < 4.78 is 39.7. The molecule has 4 rings (SSSR count). The summed E-state index contributed by atoms with van der Waals surface area (Å²) in [5.74, 6) is 0.487. The number of piperazine rings is 1. The van der Waals surface area contributed by atoms with Crippen molar-refractivity contribution in [3.8, 4) is 11.5 Å². The van der Waals surface area contributed by atoms with Gasteiger partial charge in [0, 0.05) is 50.1 Å². The summed E-state index contributed by atoms with van der Waals surface area (Å²) in [4.78, 5) is 37.3. The molecule has 0 spiro atoms. The summed E-state index contributed by atoms with van der Waals surface area (Å²) in [5, 5.41) is 9.61. The highest BCUT2D eigenvalue weighted by Gasteiger charge is 2.28. The number of amides is 1. The molecule has 0 bridgehead atoms. The average Bonchev–Trinajstić information content (AvgIpc) is 3.22. The molecule has 1 saturated heterocycles. The Hall–Kier alpha value is -4.52. The van der Waals surface area contributed by atoms with Gasteiger partial charge in [-0.15, -0.1) is 0 Å². The Kier molecular flexibility index (Phi) is 9.41. The van der Waals surface area contributed by atoms with Crippen molar-refractivity contribution in [3.05, 3.63) is 64.1 Å². The molecule has 224 valence electrons. The number of benzene rings is 2. The highest BCUT2D eigenvalue weighted by molar-refractivity contribution is 5.91. The Labute approximate surface area is 241 Å². The van der Waals surface area contributed by atoms with E-state index in [1.165, 1.54) is 17.9 Å². The van der Waals surface area contributed by atoms with E-state index in [4.69, 9.17) is 9.47 Å². The number of carbonyl (C=O) groups excluding carboxylic acids is 1. The van der Waals surface area contributed by atoms with Crippen LogP contribution in [0.25, 0.3) is 16.5 Å². The van der Waals surface area contributed by atoms with Crippen molar-refractivity contribution in [3.63, 3.8) is 0 Å². The number of hydrogen-bond acceptors (Lipinski definition) is 6. The van der Waals surface area contributed by atoms with Gasteiger partial charge in [0.25, 0.3) is 5.56 Å². The molecule has 1 aromatic heterocycles. The van der Waals surface area contributed by atoms with Crippen molar-refractivity contribution in [2.75, 3.05) is 33.4 Å². The molecule has 13 heteroatoms. The molecule has 1 fully saturated rings. The molecule has 1 aliphatic heterocycles. The number of carbonyl (C=O) groups is 1. The van der Waals surface area contributed by atoms with E-state index in [0.717, 1.165) is 0 Å². The number of aliphatic imine (C=N–C) groups is 2. The number of alkyl halides is 2. The van der Waals surface area contributed by atoms with E-state index in [0.29, 0.717) is 58.9 Å². The van der Waals surface area contributed by atoms with Crippen LogP contribution in [0.15, 0.2) is 57.4 Å². The summed E-state index contributed by atoms with van der Waals surface area (Å²) in [6, 6.07) is 9.74. The predicted molar refractivity (Wildman–Crippen MR) is 156 cm³/mol. The quantitative estimate of drug-likeness (QED) is 0.322. The summed E-state index contributed by atoms with van der Waals surface area (Å²) in [6.07, 6.45) is 1.63. The largest absolute Gasteiger partial charge is 0.494 e. The predicted octanol–water partition coefficient (Wildman–Crippen LogP) is 2.94. The molecule has 11 nitrogen and oxygen atoms in total. The Bertz CT molecular complexity index is 1600. The van der Waals surface area contributed by atoms with E-state index in [9.17, 15) is 23.5 Å². The molecular weight excluding hydrogens is 550 g/mol. The fraction of sp³-hybridized carbons (Fsp3) is 0.379. The lowest BCUT2D eigenvalue weighted by molar-refractivity contribution is -0.137. The third kappa shape index (κ3) is 6.05. The lowest BCUT2D eigenvalue weighted by Crippen LogP contribution is -2.55. The maximum Gasteiger partial charge on any atom is 0.387 e. The van der Waals surface area contributed by atoms with Gasteiger partial charge in [0.05, 0.1) is 19.0 Å². The van der Waals surface area contributed by atoms with E-state index < -0.39 is 13.2 Å². The number of aromatic nitrogens is 2. The van der Waals surface area contributed by atoms with Crippen LogP contribution in [0.2, 0.25) is 0 Å². The van der Waals surface area contributed by atoms with Crippen LogP contribution < -0.4 is 15.0 Å². The molecule has 3 aromatic rings. The van der Waals surface area contributed by atoms with Crippen molar-refractivity contribution in [1.82, 2.24) is 19.2 Å². The molecule has 0 saturated carbocycles. The van der Waals surface area contributed by atoms with Gasteiger partial charge in [0.2, 0.25) is 11.9 Å². The lowest BCUT2D eigenvalue weighted by atomic mass is 10.0. The minimum absolute atomic E-state index is 0.0164. The van der Waals surface area contributed by atoms with Gasteiger partial charge in [-0.25, -0.2) is 9.98 Å². The van der Waals surface area contributed by atoms with Crippen LogP contribution in [0.3, 0.4) is 0 Å². The van der Waals surface area contributed by atoms with Gasteiger partial charge in [-0.3, -0.25) is 19.0 Å². The van der Waals surface area contributed by atoms with Crippen LogP contribution in [0.1, 0.15) is 25.0 Å². The first-order valence-corrected chi connectivity index (χ1v) is 13.3. The molecule has 42 heavy (non-hydrogen) atoms. The number of nitrogens with zero attached hydrogens (tertiary/aromatic N) is 6. The first kappa shape index (κ1) is 30.4. The zero-order valence-corrected chi connectivity index (χ0v) is 24.0. The number of ether oxygens (including phenoxy) is 2. The highest BCUT2D eigenvalue weighted by atomic mass is 19.3. The van der Waals surface area contributed by atoms with E-state index in [1.54, 1.807) is 53.2 Å². The summed E-state index contributed by atoms with van der Waals surface area (Å²) in [5.41, 5.74) is 2.06. The zero-order chi connectivity index (χ0) is 30.6. The summed E-state index contributed by atoms with van der Waals surface area (Å²) >= 11 is 0. The number of fused-ring (bicyclic) bond motifs is 1. The Morgan fingerprint density at radius 2 is 1.98 bits per heavy atom. The normalized spacial score (nSPS) is 16.3. The molecule has 1 N–H and O–H groups in total. The number of halogens is 2. The summed E-state index contributed by atoms with van der Waals surface area (Å²) in [7, 11) is 3.09. The first-order chi connectivity index (χ1) is 20.1. The number of aliphatic hydroxyl groups excluding tert-OH is 1. The smallest absolute Gasteiger partial charge is 0.387 e. The molecule has 0 aliphatic carbocycles. The summed E-state index contributed by atoms with van der Waals surface area (Å²) in [6.45, 7) is 5.29. The molecule has 1 amide bonds. The highest BCUT2D eigenvalue weighted by Crippen LogP contribution is 2.34. The zero-order valence-electron chi connectivity index (χ0n) is 24.0. The molecular formula is C29H34F2N6O5. The number of methoxy groups -OCH3 is 1. The van der Waals surface area contributed by atoms with Crippen molar-refractivity contribution in [2.45, 2.75) is 33.0 Å². The molecule has 1 atom stereocenters. The number of guanidine groups is 1. The monoisotopic (exact) mass is 584 g/mol. The van der Waals surface area contributed by atoms with Crippen LogP contribution in [0.4, 0.5) is 8.78 Å². The van der Waals surface area contributed by atoms with E-state index in [-0.39, 0.29) is 29.8 Å². The van der Waals surface area contributed by atoms with Gasteiger partial charge < -0.3 is 24.4 Å². The number of aliphatic hydroxyl groups is 1. The van der Waals surface area contributed by atoms with Gasteiger partial charge in [0.15, 0.2) is 5.75 Å². The number of allylic oxidation sites excluding steroid dienone is 1. The molecule has 0 radical (unpaired) electrons. The van der Waals surface area contributed by atoms with Crippen molar-refractivity contribution >= 4 is 35.1 Å². The fourth-order valence-corrected chi connectivity index (χ4v) is 5.19. The van der Waals surface area contributed by atoms with Gasteiger partial charge in [-0.2, -0.15) is 8.78 Å². The lowest BCUT2D eigenvalue weighted by Gasteiger charge is -2.39. The second-order valence-corrected chi connectivity index (χ2v) is 9.85. The molecule has 0 unspecified atom stereocenters. The molecule has 2 aromatic carbocycles. The van der Waals surface area contributed by atoms with Crippen LogP contribution >= 0.6 is 0 Å². The van der Waals surface area contributed by atoms with Crippen LogP contribution in [0, 0.1) is 0 Å². The standard InChI is InChI=1S/C29H34F2N6O5/c1-18(14-33-29(32-3)35-12-13-36(19(2)15-35)24(39)17-38)21-10-11-22-25(26(21)41-5)37(34(4)27(22)40)16-20-8-6-7-9-23(20)42-28(30)31/h6-11,14,19,28,38H,3,12-13,15-17H2,1-2,4-5H3/b18-14+,33-29?/t19-/m1/s1. The Balaban J connectivity index is 1.71. The van der Waals surface area contributed by atoms with Gasteiger partial charge >= 0.3 is 6.61 Å².